The van der Waals surface area contributed by atoms with Crippen molar-refractivity contribution in [3.8, 4) is 11.5 Å². The molecule has 1 aromatic rings. The zero-order valence-corrected chi connectivity index (χ0v) is 15.0. The van der Waals surface area contributed by atoms with Crippen LogP contribution in [-0.4, -0.2) is 21.3 Å². The first-order valence-corrected chi connectivity index (χ1v) is 8.48. The SMILES string of the molecule is CNC(c1cc(OC)c(Br)cc1OC)C1CCC(C)CC1. The quantitative estimate of drug-likeness (QED) is 0.839. The molecule has 118 valence electrons. The molecule has 4 heteroatoms. The van der Waals surface area contributed by atoms with E-state index >= 15 is 0 Å². The van der Waals surface area contributed by atoms with Crippen LogP contribution in [0.1, 0.15) is 44.2 Å². The van der Waals surface area contributed by atoms with Gasteiger partial charge in [-0.2, -0.15) is 0 Å². The topological polar surface area (TPSA) is 30.5 Å². The van der Waals surface area contributed by atoms with Crippen LogP contribution < -0.4 is 14.8 Å². The Morgan fingerprint density at radius 1 is 1.10 bits per heavy atom. The van der Waals surface area contributed by atoms with E-state index in [1.165, 1.54) is 31.2 Å². The molecule has 0 radical (unpaired) electrons. The number of benzene rings is 1. The lowest BCUT2D eigenvalue weighted by molar-refractivity contribution is 0.234. The summed E-state index contributed by atoms with van der Waals surface area (Å²) in [4.78, 5) is 0. The van der Waals surface area contributed by atoms with Crippen molar-refractivity contribution in [2.75, 3.05) is 21.3 Å². The van der Waals surface area contributed by atoms with Gasteiger partial charge in [-0.05, 0) is 59.8 Å². The molecule has 0 bridgehead atoms. The largest absolute Gasteiger partial charge is 0.496 e. The minimum Gasteiger partial charge on any atom is -0.496 e. The van der Waals surface area contributed by atoms with Gasteiger partial charge < -0.3 is 14.8 Å². The van der Waals surface area contributed by atoms with E-state index in [0.717, 1.165) is 21.9 Å². The molecule has 21 heavy (non-hydrogen) atoms. The molecule has 0 amide bonds. The van der Waals surface area contributed by atoms with Gasteiger partial charge in [0.25, 0.3) is 0 Å². The van der Waals surface area contributed by atoms with Crippen molar-refractivity contribution >= 4 is 15.9 Å². The first-order chi connectivity index (χ1) is 10.1. The van der Waals surface area contributed by atoms with Gasteiger partial charge in [0, 0.05) is 11.6 Å². The molecule has 0 saturated heterocycles. The van der Waals surface area contributed by atoms with Gasteiger partial charge in [-0.15, -0.1) is 0 Å². The summed E-state index contributed by atoms with van der Waals surface area (Å²) in [6.45, 7) is 2.36. The van der Waals surface area contributed by atoms with Gasteiger partial charge in [0.15, 0.2) is 0 Å². The van der Waals surface area contributed by atoms with Crippen LogP contribution in [0.5, 0.6) is 11.5 Å². The summed E-state index contributed by atoms with van der Waals surface area (Å²) in [5.74, 6) is 3.29. The highest BCUT2D eigenvalue weighted by Crippen LogP contribution is 2.42. The highest BCUT2D eigenvalue weighted by atomic mass is 79.9. The average molecular weight is 356 g/mol. The van der Waals surface area contributed by atoms with Gasteiger partial charge in [0.1, 0.15) is 11.5 Å². The van der Waals surface area contributed by atoms with Crippen molar-refractivity contribution in [2.45, 2.75) is 38.6 Å². The Morgan fingerprint density at radius 2 is 1.71 bits per heavy atom. The van der Waals surface area contributed by atoms with E-state index in [-0.39, 0.29) is 0 Å². The molecule has 0 aliphatic heterocycles. The number of ether oxygens (including phenoxy) is 2. The van der Waals surface area contributed by atoms with Gasteiger partial charge >= 0.3 is 0 Å². The lowest BCUT2D eigenvalue weighted by Gasteiger charge is -2.33. The van der Waals surface area contributed by atoms with Crippen LogP contribution in [0, 0.1) is 11.8 Å². The predicted molar refractivity (Wildman–Crippen MR) is 90.2 cm³/mol. The smallest absolute Gasteiger partial charge is 0.133 e. The van der Waals surface area contributed by atoms with Crippen molar-refractivity contribution < 1.29 is 9.47 Å². The monoisotopic (exact) mass is 355 g/mol. The first kappa shape index (κ1) is 16.6. The summed E-state index contributed by atoms with van der Waals surface area (Å²) in [6.07, 6.45) is 5.18. The summed E-state index contributed by atoms with van der Waals surface area (Å²) < 4.78 is 12.0. The van der Waals surface area contributed by atoms with Crippen LogP contribution in [0.15, 0.2) is 16.6 Å². The molecule has 0 aromatic heterocycles. The second kappa shape index (κ2) is 7.50. The molecule has 1 atom stereocenters. The molecular formula is C17H26BrNO2. The molecule has 1 aliphatic carbocycles. The van der Waals surface area contributed by atoms with Crippen LogP contribution in [0.3, 0.4) is 0 Å². The fraction of sp³-hybridized carbons (Fsp3) is 0.647. The summed E-state index contributed by atoms with van der Waals surface area (Å²) in [7, 11) is 5.47. The molecule has 1 unspecified atom stereocenters. The number of rotatable bonds is 5. The Bertz CT molecular complexity index is 470. The van der Waals surface area contributed by atoms with Crippen molar-refractivity contribution in [2.24, 2.45) is 11.8 Å². The van der Waals surface area contributed by atoms with E-state index in [1.807, 2.05) is 13.1 Å². The third kappa shape index (κ3) is 3.72. The van der Waals surface area contributed by atoms with Gasteiger partial charge in [-0.1, -0.05) is 19.8 Å². The Kier molecular flexibility index (Phi) is 5.94. The van der Waals surface area contributed by atoms with Crippen molar-refractivity contribution in [1.29, 1.82) is 0 Å². The van der Waals surface area contributed by atoms with Gasteiger partial charge in [-0.3, -0.25) is 0 Å². The first-order valence-electron chi connectivity index (χ1n) is 7.69. The number of nitrogens with one attached hydrogen (secondary N) is 1. The number of hydrogen-bond acceptors (Lipinski definition) is 3. The van der Waals surface area contributed by atoms with Crippen molar-refractivity contribution in [3.05, 3.63) is 22.2 Å². The molecule has 3 nitrogen and oxygen atoms in total. The standard InChI is InChI=1S/C17H26BrNO2/c1-11-5-7-12(8-6-11)17(19-2)13-9-16(21-4)14(18)10-15(13)20-3/h9-12,17,19H,5-8H2,1-4H3. The maximum absolute atomic E-state index is 5.59. The molecule has 1 aromatic carbocycles. The number of hydrogen-bond donors (Lipinski definition) is 1. The van der Waals surface area contributed by atoms with E-state index in [9.17, 15) is 0 Å². The van der Waals surface area contributed by atoms with E-state index < -0.39 is 0 Å². The van der Waals surface area contributed by atoms with Crippen LogP contribution in [0.2, 0.25) is 0 Å². The molecule has 1 fully saturated rings. The molecule has 1 saturated carbocycles. The van der Waals surface area contributed by atoms with E-state index in [0.29, 0.717) is 12.0 Å². The third-order valence-electron chi connectivity index (χ3n) is 4.68. The molecule has 2 rings (SSSR count). The molecular weight excluding hydrogens is 330 g/mol. The summed E-state index contributed by atoms with van der Waals surface area (Å²) in [5, 5.41) is 3.50. The van der Waals surface area contributed by atoms with Gasteiger partial charge in [0.05, 0.1) is 18.7 Å². The van der Waals surface area contributed by atoms with Gasteiger partial charge in [-0.25, -0.2) is 0 Å². The maximum atomic E-state index is 5.59. The summed E-state index contributed by atoms with van der Waals surface area (Å²) >= 11 is 3.53. The zero-order valence-electron chi connectivity index (χ0n) is 13.4. The summed E-state index contributed by atoms with van der Waals surface area (Å²) in [5.41, 5.74) is 1.19. The average Bonchev–Trinajstić information content (AvgIpc) is 2.50. The van der Waals surface area contributed by atoms with Gasteiger partial charge in [0.2, 0.25) is 0 Å². The van der Waals surface area contributed by atoms with Crippen LogP contribution in [0.25, 0.3) is 0 Å². The lowest BCUT2D eigenvalue weighted by Crippen LogP contribution is -2.28. The Labute approximate surface area is 136 Å². The molecule has 0 spiro atoms. The fourth-order valence-corrected chi connectivity index (χ4v) is 3.88. The van der Waals surface area contributed by atoms with Crippen molar-refractivity contribution in [1.82, 2.24) is 5.32 Å². The maximum Gasteiger partial charge on any atom is 0.133 e. The molecule has 1 aliphatic rings. The highest BCUT2D eigenvalue weighted by molar-refractivity contribution is 9.10. The second-order valence-electron chi connectivity index (χ2n) is 6.02. The Morgan fingerprint density at radius 3 is 2.24 bits per heavy atom. The molecule has 0 heterocycles. The predicted octanol–water partition coefficient (Wildman–Crippen LogP) is 4.55. The van der Waals surface area contributed by atoms with E-state index in [4.69, 9.17) is 9.47 Å². The lowest BCUT2D eigenvalue weighted by atomic mass is 9.77. The van der Waals surface area contributed by atoms with Crippen LogP contribution in [-0.2, 0) is 0 Å². The second-order valence-corrected chi connectivity index (χ2v) is 6.87. The Balaban J connectivity index is 2.32. The van der Waals surface area contributed by atoms with Crippen LogP contribution >= 0.6 is 15.9 Å². The van der Waals surface area contributed by atoms with Crippen molar-refractivity contribution in [3.63, 3.8) is 0 Å². The zero-order chi connectivity index (χ0) is 15.4. The minimum absolute atomic E-state index is 0.314. The van der Waals surface area contributed by atoms with Crippen LogP contribution in [0.4, 0.5) is 0 Å². The molecule has 1 N–H and O–H groups in total. The third-order valence-corrected chi connectivity index (χ3v) is 5.30. The number of halogens is 1. The normalized spacial score (nSPS) is 23.7. The van der Waals surface area contributed by atoms with E-state index in [2.05, 4.69) is 34.2 Å². The Hall–Kier alpha value is -0.740. The fourth-order valence-electron chi connectivity index (χ4n) is 3.39. The summed E-state index contributed by atoms with van der Waals surface area (Å²) in [6, 6.07) is 4.42. The minimum atomic E-state index is 0.314. The number of methoxy groups -OCH3 is 2. The highest BCUT2D eigenvalue weighted by Gasteiger charge is 2.28. The van der Waals surface area contributed by atoms with E-state index in [1.54, 1.807) is 14.2 Å².